The molecule has 0 heterocycles. The van der Waals surface area contributed by atoms with Crippen LogP contribution >= 0.6 is 0 Å². The fraction of sp³-hybridized carbons (Fsp3) is 0.160. The number of para-hydroxylation sites is 1. The van der Waals surface area contributed by atoms with Crippen LogP contribution in [-0.4, -0.2) is 30.4 Å². The van der Waals surface area contributed by atoms with E-state index in [1.54, 1.807) is 0 Å². The van der Waals surface area contributed by atoms with E-state index in [0.717, 1.165) is 27.1 Å². The second kappa shape index (κ2) is 8.33. The highest BCUT2D eigenvalue weighted by atomic mass is 16.5. The van der Waals surface area contributed by atoms with Gasteiger partial charge in [-0.3, -0.25) is 0 Å². The summed E-state index contributed by atoms with van der Waals surface area (Å²) in [6, 6.07) is 25.1. The van der Waals surface area contributed by atoms with Gasteiger partial charge >= 0.3 is 5.97 Å². The van der Waals surface area contributed by atoms with E-state index in [1.807, 2.05) is 79.7 Å². The van der Waals surface area contributed by atoms with Crippen LogP contribution in [0.15, 0.2) is 78.9 Å². The SMILES string of the molecule is Cc1ccccc1OCC(O)COC(=O)c1c2ccccc2cc2ccccc12. The van der Waals surface area contributed by atoms with Crippen LogP contribution in [0.1, 0.15) is 15.9 Å². The van der Waals surface area contributed by atoms with Crippen LogP contribution in [0, 0.1) is 6.92 Å². The molecule has 4 heteroatoms. The molecule has 146 valence electrons. The third kappa shape index (κ3) is 4.08. The van der Waals surface area contributed by atoms with Crippen LogP contribution in [0.4, 0.5) is 0 Å². The highest BCUT2D eigenvalue weighted by molar-refractivity contribution is 6.16. The molecule has 0 saturated heterocycles. The van der Waals surface area contributed by atoms with Crippen LogP contribution in [-0.2, 0) is 4.74 Å². The normalized spacial score (nSPS) is 12.1. The zero-order chi connectivity index (χ0) is 20.2. The Labute approximate surface area is 169 Å². The number of aliphatic hydroxyl groups excluding tert-OH is 1. The maximum absolute atomic E-state index is 12.9. The van der Waals surface area contributed by atoms with Gasteiger partial charge in [0.1, 0.15) is 25.1 Å². The van der Waals surface area contributed by atoms with Gasteiger partial charge in [-0.25, -0.2) is 4.79 Å². The number of carbonyl (C=O) groups is 1. The van der Waals surface area contributed by atoms with Crippen molar-refractivity contribution in [2.75, 3.05) is 13.2 Å². The maximum atomic E-state index is 12.9. The summed E-state index contributed by atoms with van der Waals surface area (Å²) in [5.41, 5.74) is 1.50. The number of fused-ring (bicyclic) bond motifs is 2. The quantitative estimate of drug-likeness (QED) is 0.378. The molecule has 0 aromatic heterocycles. The average Bonchev–Trinajstić information content (AvgIpc) is 2.75. The minimum Gasteiger partial charge on any atom is -0.490 e. The van der Waals surface area contributed by atoms with Crippen molar-refractivity contribution >= 4 is 27.5 Å². The summed E-state index contributed by atoms with van der Waals surface area (Å²) < 4.78 is 11.1. The highest BCUT2D eigenvalue weighted by Gasteiger charge is 2.18. The lowest BCUT2D eigenvalue weighted by molar-refractivity contribution is 0.0132. The molecule has 1 atom stereocenters. The van der Waals surface area contributed by atoms with E-state index in [-0.39, 0.29) is 13.2 Å². The number of carbonyl (C=O) groups excluding carboxylic acids is 1. The van der Waals surface area contributed by atoms with E-state index in [4.69, 9.17) is 9.47 Å². The standard InChI is InChI=1S/C25H22O4/c1-17-8-2-7-13-23(17)28-15-20(26)16-29-25(27)24-21-11-5-3-9-18(21)14-19-10-4-6-12-22(19)24/h2-14,20,26H,15-16H2,1H3. The number of benzene rings is 4. The Balaban J connectivity index is 1.51. The predicted molar refractivity (Wildman–Crippen MR) is 114 cm³/mol. The average molecular weight is 386 g/mol. The molecule has 1 N–H and O–H groups in total. The summed E-state index contributed by atoms with van der Waals surface area (Å²) in [4.78, 5) is 12.9. The molecule has 0 aliphatic heterocycles. The van der Waals surface area contributed by atoms with Crippen molar-refractivity contribution in [3.8, 4) is 5.75 Å². The minimum atomic E-state index is -0.917. The number of aryl methyl sites for hydroxylation is 1. The second-order valence-corrected chi connectivity index (χ2v) is 7.02. The van der Waals surface area contributed by atoms with Gasteiger partial charge < -0.3 is 14.6 Å². The Kier molecular flexibility index (Phi) is 5.45. The lowest BCUT2D eigenvalue weighted by Crippen LogP contribution is -2.25. The fourth-order valence-corrected chi connectivity index (χ4v) is 3.43. The number of esters is 1. The first-order chi connectivity index (χ1) is 14.1. The van der Waals surface area contributed by atoms with Crippen LogP contribution in [0.3, 0.4) is 0 Å². The molecule has 0 spiro atoms. The summed E-state index contributed by atoms with van der Waals surface area (Å²) in [5, 5.41) is 13.8. The van der Waals surface area contributed by atoms with Gasteiger partial charge in [0, 0.05) is 0 Å². The first-order valence-corrected chi connectivity index (χ1v) is 9.57. The third-order valence-electron chi connectivity index (χ3n) is 4.91. The largest absolute Gasteiger partial charge is 0.490 e. The first kappa shape index (κ1) is 19.0. The third-order valence-corrected chi connectivity index (χ3v) is 4.91. The molecule has 1 unspecified atom stereocenters. The van der Waals surface area contributed by atoms with Crippen molar-refractivity contribution in [1.82, 2.24) is 0 Å². The molecule has 0 saturated carbocycles. The lowest BCUT2D eigenvalue weighted by atomic mass is 9.97. The Morgan fingerprint density at radius 1 is 0.862 bits per heavy atom. The molecule has 4 aromatic rings. The summed E-state index contributed by atoms with van der Waals surface area (Å²) in [5.74, 6) is 0.255. The van der Waals surface area contributed by atoms with Gasteiger partial charge in [-0.15, -0.1) is 0 Å². The summed E-state index contributed by atoms with van der Waals surface area (Å²) in [6.07, 6.45) is -0.917. The maximum Gasteiger partial charge on any atom is 0.339 e. The van der Waals surface area contributed by atoms with Gasteiger partial charge in [0.25, 0.3) is 0 Å². The molecule has 0 aliphatic carbocycles. The number of hydrogen-bond donors (Lipinski definition) is 1. The van der Waals surface area contributed by atoms with E-state index in [1.165, 1.54) is 0 Å². The summed E-state index contributed by atoms with van der Waals surface area (Å²) >= 11 is 0. The molecule has 0 radical (unpaired) electrons. The zero-order valence-electron chi connectivity index (χ0n) is 16.2. The molecule has 0 bridgehead atoms. The van der Waals surface area contributed by atoms with Gasteiger partial charge in [-0.2, -0.15) is 0 Å². The topological polar surface area (TPSA) is 55.8 Å². The molecular weight excluding hydrogens is 364 g/mol. The van der Waals surface area contributed by atoms with Gasteiger partial charge in [0.05, 0.1) is 5.56 Å². The van der Waals surface area contributed by atoms with Gasteiger partial charge in [-0.1, -0.05) is 66.7 Å². The van der Waals surface area contributed by atoms with Crippen LogP contribution in [0.25, 0.3) is 21.5 Å². The van der Waals surface area contributed by atoms with E-state index in [0.29, 0.717) is 11.3 Å². The smallest absolute Gasteiger partial charge is 0.339 e. The van der Waals surface area contributed by atoms with Crippen LogP contribution < -0.4 is 4.74 Å². The van der Waals surface area contributed by atoms with Crippen LogP contribution in [0.2, 0.25) is 0 Å². The van der Waals surface area contributed by atoms with Crippen molar-refractivity contribution in [2.45, 2.75) is 13.0 Å². The Hall–Kier alpha value is -3.37. The molecular formula is C25H22O4. The Morgan fingerprint density at radius 2 is 1.45 bits per heavy atom. The summed E-state index contributed by atoms with van der Waals surface area (Å²) in [7, 11) is 0. The second-order valence-electron chi connectivity index (χ2n) is 7.02. The molecule has 0 amide bonds. The predicted octanol–water partition coefficient (Wildman–Crippen LogP) is 4.90. The van der Waals surface area contributed by atoms with Crippen molar-refractivity contribution in [1.29, 1.82) is 0 Å². The van der Waals surface area contributed by atoms with Crippen molar-refractivity contribution in [2.24, 2.45) is 0 Å². The van der Waals surface area contributed by atoms with Crippen molar-refractivity contribution in [3.05, 3.63) is 90.0 Å². The summed E-state index contributed by atoms with van der Waals surface area (Å²) in [6.45, 7) is 1.85. The molecule has 0 fully saturated rings. The number of rotatable bonds is 6. The molecule has 4 aromatic carbocycles. The number of ether oxygens (including phenoxy) is 2. The molecule has 29 heavy (non-hydrogen) atoms. The lowest BCUT2D eigenvalue weighted by Gasteiger charge is -2.15. The van der Waals surface area contributed by atoms with Crippen molar-refractivity contribution in [3.63, 3.8) is 0 Å². The number of hydrogen-bond acceptors (Lipinski definition) is 4. The van der Waals surface area contributed by atoms with E-state index in [9.17, 15) is 9.90 Å². The van der Waals surface area contributed by atoms with Gasteiger partial charge in [-0.05, 0) is 46.2 Å². The Morgan fingerprint density at radius 3 is 2.10 bits per heavy atom. The fourth-order valence-electron chi connectivity index (χ4n) is 3.43. The van der Waals surface area contributed by atoms with E-state index in [2.05, 4.69) is 6.07 Å². The van der Waals surface area contributed by atoms with Gasteiger partial charge in [0.15, 0.2) is 0 Å². The molecule has 0 aliphatic rings. The Bertz CT molecular complexity index is 1110. The number of aliphatic hydroxyl groups is 1. The van der Waals surface area contributed by atoms with E-state index >= 15 is 0 Å². The molecule has 4 rings (SSSR count). The first-order valence-electron chi connectivity index (χ1n) is 9.57. The highest BCUT2D eigenvalue weighted by Crippen LogP contribution is 2.29. The zero-order valence-corrected chi connectivity index (χ0v) is 16.2. The minimum absolute atomic E-state index is 0.0500. The molecule has 4 nitrogen and oxygen atoms in total. The monoisotopic (exact) mass is 386 g/mol. The van der Waals surface area contributed by atoms with Gasteiger partial charge in [0.2, 0.25) is 0 Å². The van der Waals surface area contributed by atoms with Crippen molar-refractivity contribution < 1.29 is 19.4 Å². The van der Waals surface area contributed by atoms with E-state index < -0.39 is 12.1 Å². The van der Waals surface area contributed by atoms with Crippen LogP contribution in [0.5, 0.6) is 5.75 Å².